The molecule has 0 aliphatic rings. The number of nitrogens with zero attached hydrogens (tertiary/aromatic N) is 1. The van der Waals surface area contributed by atoms with E-state index in [4.69, 9.17) is 0 Å². The molecule has 0 aliphatic carbocycles. The molecule has 0 spiro atoms. The molecule has 3 amide bonds. The van der Waals surface area contributed by atoms with Crippen LogP contribution in [0, 0.1) is 12.8 Å². The zero-order chi connectivity index (χ0) is 20.5. The van der Waals surface area contributed by atoms with E-state index in [1.807, 2.05) is 68.4 Å². The molecule has 5 nitrogen and oxygen atoms in total. The van der Waals surface area contributed by atoms with Crippen molar-refractivity contribution in [2.24, 2.45) is 5.92 Å². The molecule has 2 rings (SSSR count). The van der Waals surface area contributed by atoms with Crippen LogP contribution in [0.25, 0.3) is 0 Å². The Kier molecular flexibility index (Phi) is 8.05. The molecule has 1 atom stereocenters. The Labute approximate surface area is 168 Å². The summed E-state index contributed by atoms with van der Waals surface area (Å²) in [5.74, 6) is 0.253. The maximum Gasteiger partial charge on any atom is 0.321 e. The molecule has 0 aromatic heterocycles. The van der Waals surface area contributed by atoms with Crippen molar-refractivity contribution in [3.8, 4) is 0 Å². The third kappa shape index (κ3) is 7.06. The molecule has 1 unspecified atom stereocenters. The van der Waals surface area contributed by atoms with Crippen molar-refractivity contribution in [1.82, 2.24) is 10.2 Å². The van der Waals surface area contributed by atoms with Crippen LogP contribution in [-0.4, -0.2) is 29.9 Å². The Morgan fingerprint density at radius 2 is 1.71 bits per heavy atom. The lowest BCUT2D eigenvalue weighted by atomic mass is 10.1. The first-order valence-electron chi connectivity index (χ1n) is 9.82. The lowest BCUT2D eigenvalue weighted by Gasteiger charge is -2.25. The normalized spacial score (nSPS) is 11.8. The van der Waals surface area contributed by atoms with Gasteiger partial charge in [0.25, 0.3) is 0 Å². The number of urea groups is 1. The highest BCUT2D eigenvalue weighted by molar-refractivity contribution is 5.89. The Morgan fingerprint density at radius 3 is 2.36 bits per heavy atom. The molecule has 5 heteroatoms. The number of aryl methyl sites for hydroxylation is 1. The molecule has 2 aromatic carbocycles. The molecule has 0 aliphatic heterocycles. The van der Waals surface area contributed by atoms with E-state index >= 15 is 0 Å². The van der Waals surface area contributed by atoms with E-state index in [0.29, 0.717) is 19.0 Å². The van der Waals surface area contributed by atoms with Crippen molar-refractivity contribution in [3.63, 3.8) is 0 Å². The second-order valence-corrected chi connectivity index (χ2v) is 7.59. The van der Waals surface area contributed by atoms with E-state index in [1.54, 1.807) is 4.90 Å². The van der Waals surface area contributed by atoms with Gasteiger partial charge in [0, 0.05) is 25.2 Å². The molecule has 2 N–H and O–H groups in total. The number of hydrogen-bond acceptors (Lipinski definition) is 2. The van der Waals surface area contributed by atoms with Gasteiger partial charge in [-0.05, 0) is 43.0 Å². The number of carbonyl (C=O) groups excluding carboxylic acids is 2. The molecular formula is C23H31N3O2. The average Bonchev–Trinajstić information content (AvgIpc) is 2.65. The van der Waals surface area contributed by atoms with Gasteiger partial charge < -0.3 is 15.5 Å². The van der Waals surface area contributed by atoms with Gasteiger partial charge in [-0.25, -0.2) is 4.79 Å². The highest BCUT2D eigenvalue weighted by atomic mass is 16.2. The molecule has 0 heterocycles. The van der Waals surface area contributed by atoms with Gasteiger partial charge in [-0.15, -0.1) is 0 Å². The minimum absolute atomic E-state index is 0.0616. The molecule has 0 saturated heterocycles. The van der Waals surface area contributed by atoms with Crippen molar-refractivity contribution >= 4 is 17.6 Å². The maximum absolute atomic E-state index is 12.7. The van der Waals surface area contributed by atoms with Crippen LogP contribution < -0.4 is 10.6 Å². The highest BCUT2D eigenvalue weighted by Gasteiger charge is 2.17. The summed E-state index contributed by atoms with van der Waals surface area (Å²) in [6.07, 6.45) is 0.269. The quantitative estimate of drug-likeness (QED) is 0.693. The molecule has 0 fully saturated rings. The highest BCUT2D eigenvalue weighted by Crippen LogP contribution is 2.13. The third-order valence-corrected chi connectivity index (χ3v) is 4.43. The summed E-state index contributed by atoms with van der Waals surface area (Å²) in [5.41, 5.74) is 2.91. The van der Waals surface area contributed by atoms with Gasteiger partial charge in [0.05, 0.1) is 6.04 Å². The van der Waals surface area contributed by atoms with E-state index < -0.39 is 0 Å². The van der Waals surface area contributed by atoms with Gasteiger partial charge in [-0.1, -0.05) is 56.3 Å². The minimum Gasteiger partial charge on any atom is -0.350 e. The van der Waals surface area contributed by atoms with Crippen molar-refractivity contribution in [3.05, 3.63) is 65.7 Å². The minimum atomic E-state index is -0.178. The predicted molar refractivity (Wildman–Crippen MR) is 114 cm³/mol. The SMILES string of the molecule is Cc1cccc(NC(=O)N(CCC(=O)NC(C)c2ccccc2)CC(C)C)c1. The summed E-state index contributed by atoms with van der Waals surface area (Å²) in [6, 6.07) is 17.3. The Balaban J connectivity index is 1.91. The predicted octanol–water partition coefficient (Wildman–Crippen LogP) is 4.75. The molecule has 0 radical (unpaired) electrons. The van der Waals surface area contributed by atoms with Gasteiger partial charge in [0.2, 0.25) is 5.91 Å². The zero-order valence-electron chi connectivity index (χ0n) is 17.2. The number of benzene rings is 2. The Hall–Kier alpha value is -2.82. The standard InChI is InChI=1S/C23H31N3O2/c1-17(2)16-26(23(28)25-21-12-8-9-18(3)15-21)14-13-22(27)24-19(4)20-10-6-5-7-11-20/h5-12,15,17,19H,13-14,16H2,1-4H3,(H,24,27)(H,25,28). The molecule has 2 aromatic rings. The first-order chi connectivity index (χ1) is 13.3. The van der Waals surface area contributed by atoms with E-state index in [1.165, 1.54) is 0 Å². The molecular weight excluding hydrogens is 350 g/mol. The number of anilines is 1. The lowest BCUT2D eigenvalue weighted by molar-refractivity contribution is -0.121. The molecule has 28 heavy (non-hydrogen) atoms. The summed E-state index contributed by atoms with van der Waals surface area (Å²) in [5, 5.41) is 5.94. The van der Waals surface area contributed by atoms with Crippen LogP contribution in [-0.2, 0) is 4.79 Å². The van der Waals surface area contributed by atoms with Crippen LogP contribution >= 0.6 is 0 Å². The fourth-order valence-corrected chi connectivity index (χ4v) is 3.02. The number of amides is 3. The summed E-state index contributed by atoms with van der Waals surface area (Å²) < 4.78 is 0. The largest absolute Gasteiger partial charge is 0.350 e. The smallest absolute Gasteiger partial charge is 0.321 e. The summed E-state index contributed by atoms with van der Waals surface area (Å²) >= 11 is 0. The van der Waals surface area contributed by atoms with Crippen LogP contribution in [0.5, 0.6) is 0 Å². The Morgan fingerprint density at radius 1 is 1.00 bits per heavy atom. The second-order valence-electron chi connectivity index (χ2n) is 7.59. The van der Waals surface area contributed by atoms with Crippen LogP contribution in [0.2, 0.25) is 0 Å². The second kappa shape index (κ2) is 10.5. The van der Waals surface area contributed by atoms with Gasteiger partial charge >= 0.3 is 6.03 Å². The van der Waals surface area contributed by atoms with Crippen LogP contribution in [0.15, 0.2) is 54.6 Å². The van der Waals surface area contributed by atoms with Crippen LogP contribution in [0.1, 0.15) is 44.4 Å². The lowest BCUT2D eigenvalue weighted by Crippen LogP contribution is -2.40. The molecule has 150 valence electrons. The third-order valence-electron chi connectivity index (χ3n) is 4.43. The van der Waals surface area contributed by atoms with Crippen molar-refractivity contribution in [1.29, 1.82) is 0 Å². The average molecular weight is 382 g/mol. The first-order valence-corrected chi connectivity index (χ1v) is 9.82. The number of carbonyl (C=O) groups is 2. The monoisotopic (exact) mass is 381 g/mol. The van der Waals surface area contributed by atoms with Crippen molar-refractivity contribution in [2.75, 3.05) is 18.4 Å². The van der Waals surface area contributed by atoms with Gasteiger partial charge in [-0.3, -0.25) is 4.79 Å². The Bertz CT molecular complexity index is 774. The summed E-state index contributed by atoms with van der Waals surface area (Å²) in [7, 11) is 0. The fraction of sp³-hybridized carbons (Fsp3) is 0.391. The fourth-order valence-electron chi connectivity index (χ4n) is 3.02. The zero-order valence-corrected chi connectivity index (χ0v) is 17.2. The van der Waals surface area contributed by atoms with Crippen molar-refractivity contribution < 1.29 is 9.59 Å². The van der Waals surface area contributed by atoms with Gasteiger partial charge in [0.1, 0.15) is 0 Å². The summed E-state index contributed by atoms with van der Waals surface area (Å²) in [4.78, 5) is 26.8. The van der Waals surface area contributed by atoms with Crippen molar-refractivity contribution in [2.45, 2.75) is 40.2 Å². The van der Waals surface area contributed by atoms with E-state index in [2.05, 4.69) is 24.5 Å². The van der Waals surface area contributed by atoms with Crippen LogP contribution in [0.4, 0.5) is 10.5 Å². The topological polar surface area (TPSA) is 61.4 Å². The van der Waals surface area contributed by atoms with Crippen LogP contribution in [0.3, 0.4) is 0 Å². The number of nitrogens with one attached hydrogen (secondary N) is 2. The van der Waals surface area contributed by atoms with Gasteiger partial charge in [0.15, 0.2) is 0 Å². The van der Waals surface area contributed by atoms with E-state index in [0.717, 1.165) is 16.8 Å². The molecule has 0 bridgehead atoms. The maximum atomic E-state index is 12.7. The summed E-state index contributed by atoms with van der Waals surface area (Å²) in [6.45, 7) is 9.04. The molecule has 0 saturated carbocycles. The van der Waals surface area contributed by atoms with E-state index in [-0.39, 0.29) is 24.4 Å². The first kappa shape index (κ1) is 21.5. The number of hydrogen-bond donors (Lipinski definition) is 2. The van der Waals surface area contributed by atoms with E-state index in [9.17, 15) is 9.59 Å². The van der Waals surface area contributed by atoms with Gasteiger partial charge in [-0.2, -0.15) is 0 Å². The number of rotatable bonds is 8.